The van der Waals surface area contributed by atoms with Crippen molar-refractivity contribution in [2.24, 2.45) is 0 Å². The zero-order chi connectivity index (χ0) is 15.9. The summed E-state index contributed by atoms with van der Waals surface area (Å²) in [4.78, 5) is 11.8. The first kappa shape index (κ1) is 15.9. The van der Waals surface area contributed by atoms with E-state index in [0.29, 0.717) is 18.5 Å². The molecule has 116 valence electrons. The SMILES string of the molecule is COc1ccc(CC(=O)NCCc2cc(F)cc(F)c2)cc1. The van der Waals surface area contributed by atoms with E-state index in [2.05, 4.69) is 5.32 Å². The second-order valence-electron chi connectivity index (χ2n) is 4.90. The number of benzene rings is 2. The van der Waals surface area contributed by atoms with Gasteiger partial charge in [0.25, 0.3) is 0 Å². The summed E-state index contributed by atoms with van der Waals surface area (Å²) in [6.45, 7) is 0.331. The molecular weight excluding hydrogens is 288 g/mol. The van der Waals surface area contributed by atoms with Crippen molar-refractivity contribution < 1.29 is 18.3 Å². The normalized spacial score (nSPS) is 10.3. The van der Waals surface area contributed by atoms with Crippen LogP contribution in [0.3, 0.4) is 0 Å². The van der Waals surface area contributed by atoms with E-state index in [1.54, 1.807) is 19.2 Å². The van der Waals surface area contributed by atoms with Gasteiger partial charge in [-0.1, -0.05) is 12.1 Å². The van der Waals surface area contributed by atoms with Gasteiger partial charge in [0.15, 0.2) is 0 Å². The van der Waals surface area contributed by atoms with Gasteiger partial charge >= 0.3 is 0 Å². The van der Waals surface area contributed by atoms with Crippen LogP contribution in [0.2, 0.25) is 0 Å². The van der Waals surface area contributed by atoms with E-state index >= 15 is 0 Å². The van der Waals surface area contributed by atoms with Crippen molar-refractivity contribution in [2.45, 2.75) is 12.8 Å². The molecule has 0 aromatic heterocycles. The highest BCUT2D eigenvalue weighted by molar-refractivity contribution is 5.78. The molecule has 5 heteroatoms. The summed E-state index contributed by atoms with van der Waals surface area (Å²) in [5, 5.41) is 2.73. The first-order chi connectivity index (χ1) is 10.6. The minimum atomic E-state index is -0.612. The first-order valence-electron chi connectivity index (χ1n) is 6.91. The van der Waals surface area contributed by atoms with Crippen molar-refractivity contribution in [2.75, 3.05) is 13.7 Å². The smallest absolute Gasteiger partial charge is 0.224 e. The van der Waals surface area contributed by atoms with Crippen LogP contribution in [0.15, 0.2) is 42.5 Å². The maximum Gasteiger partial charge on any atom is 0.224 e. The van der Waals surface area contributed by atoms with Gasteiger partial charge in [0.2, 0.25) is 5.91 Å². The van der Waals surface area contributed by atoms with E-state index in [1.165, 1.54) is 12.1 Å². The number of rotatable bonds is 6. The molecule has 22 heavy (non-hydrogen) atoms. The molecule has 0 unspecified atom stereocenters. The van der Waals surface area contributed by atoms with Gasteiger partial charge in [0, 0.05) is 12.6 Å². The molecule has 0 aliphatic heterocycles. The maximum atomic E-state index is 13.0. The molecule has 0 atom stereocenters. The highest BCUT2D eigenvalue weighted by atomic mass is 19.1. The van der Waals surface area contributed by atoms with Gasteiger partial charge in [-0.2, -0.15) is 0 Å². The van der Waals surface area contributed by atoms with Crippen molar-refractivity contribution in [3.8, 4) is 5.75 Å². The predicted octanol–water partition coefficient (Wildman–Crippen LogP) is 2.87. The van der Waals surface area contributed by atoms with Crippen LogP contribution in [-0.4, -0.2) is 19.6 Å². The number of hydrogen-bond donors (Lipinski definition) is 1. The van der Waals surface area contributed by atoms with Crippen LogP contribution in [-0.2, 0) is 17.6 Å². The monoisotopic (exact) mass is 305 g/mol. The Morgan fingerprint density at radius 2 is 1.68 bits per heavy atom. The Morgan fingerprint density at radius 1 is 1.05 bits per heavy atom. The third-order valence-electron chi connectivity index (χ3n) is 3.18. The summed E-state index contributed by atoms with van der Waals surface area (Å²) in [5.41, 5.74) is 1.39. The molecule has 1 amide bonds. The summed E-state index contributed by atoms with van der Waals surface area (Å²) in [6, 6.07) is 10.6. The molecule has 3 nitrogen and oxygen atoms in total. The first-order valence-corrected chi connectivity index (χ1v) is 6.91. The van der Waals surface area contributed by atoms with Crippen molar-refractivity contribution >= 4 is 5.91 Å². The summed E-state index contributed by atoms with van der Waals surface area (Å²) in [5.74, 6) is -0.626. The van der Waals surface area contributed by atoms with E-state index in [4.69, 9.17) is 4.74 Å². The minimum Gasteiger partial charge on any atom is -0.497 e. The summed E-state index contributed by atoms with van der Waals surface area (Å²) in [6.07, 6.45) is 0.630. The lowest BCUT2D eigenvalue weighted by atomic mass is 10.1. The summed E-state index contributed by atoms with van der Waals surface area (Å²) < 4.78 is 31.1. The highest BCUT2D eigenvalue weighted by Crippen LogP contribution is 2.11. The average Bonchev–Trinajstić information content (AvgIpc) is 2.47. The molecular formula is C17H17F2NO2. The van der Waals surface area contributed by atoms with Crippen molar-refractivity contribution in [1.82, 2.24) is 5.32 Å². The lowest BCUT2D eigenvalue weighted by molar-refractivity contribution is -0.120. The third-order valence-corrected chi connectivity index (χ3v) is 3.18. The van der Waals surface area contributed by atoms with E-state index in [-0.39, 0.29) is 12.3 Å². The number of carbonyl (C=O) groups excluding carboxylic acids is 1. The fourth-order valence-corrected chi connectivity index (χ4v) is 2.09. The zero-order valence-electron chi connectivity index (χ0n) is 12.2. The van der Waals surface area contributed by atoms with Crippen LogP contribution in [0, 0.1) is 11.6 Å². The lowest BCUT2D eigenvalue weighted by Crippen LogP contribution is -2.27. The topological polar surface area (TPSA) is 38.3 Å². The molecule has 2 aromatic rings. The van der Waals surface area contributed by atoms with Crippen LogP contribution in [0.5, 0.6) is 5.75 Å². The molecule has 2 rings (SSSR count). The molecule has 0 aliphatic carbocycles. The Balaban J connectivity index is 1.79. The second kappa shape index (κ2) is 7.54. The molecule has 0 fully saturated rings. The largest absolute Gasteiger partial charge is 0.497 e. The molecule has 0 saturated heterocycles. The fourth-order valence-electron chi connectivity index (χ4n) is 2.09. The number of halogens is 2. The number of ether oxygens (including phenoxy) is 1. The number of nitrogens with one attached hydrogen (secondary N) is 1. The Morgan fingerprint density at radius 3 is 2.27 bits per heavy atom. The van der Waals surface area contributed by atoms with Crippen molar-refractivity contribution in [3.63, 3.8) is 0 Å². The van der Waals surface area contributed by atoms with Gasteiger partial charge in [-0.3, -0.25) is 4.79 Å². The Labute approximate surface area is 127 Å². The van der Waals surface area contributed by atoms with Gasteiger partial charge in [0.05, 0.1) is 13.5 Å². The summed E-state index contributed by atoms with van der Waals surface area (Å²) in [7, 11) is 1.58. The van der Waals surface area contributed by atoms with E-state index < -0.39 is 11.6 Å². The highest BCUT2D eigenvalue weighted by Gasteiger charge is 2.05. The molecule has 0 heterocycles. The molecule has 0 bridgehead atoms. The van der Waals surface area contributed by atoms with Gasteiger partial charge in [0.1, 0.15) is 17.4 Å². The summed E-state index contributed by atoms with van der Waals surface area (Å²) >= 11 is 0. The maximum absolute atomic E-state index is 13.0. The number of hydrogen-bond acceptors (Lipinski definition) is 2. The Hall–Kier alpha value is -2.43. The van der Waals surface area contributed by atoms with Gasteiger partial charge < -0.3 is 10.1 Å². The van der Waals surface area contributed by atoms with Gasteiger partial charge in [-0.15, -0.1) is 0 Å². The van der Waals surface area contributed by atoms with Crippen LogP contribution in [0.4, 0.5) is 8.78 Å². The molecule has 0 spiro atoms. The number of methoxy groups -OCH3 is 1. The van der Waals surface area contributed by atoms with Crippen LogP contribution < -0.4 is 10.1 Å². The Kier molecular flexibility index (Phi) is 5.47. The lowest BCUT2D eigenvalue weighted by Gasteiger charge is -2.07. The predicted molar refractivity (Wildman–Crippen MR) is 79.8 cm³/mol. The second-order valence-corrected chi connectivity index (χ2v) is 4.90. The van der Waals surface area contributed by atoms with Crippen LogP contribution in [0.25, 0.3) is 0 Å². The van der Waals surface area contributed by atoms with Crippen molar-refractivity contribution in [3.05, 3.63) is 65.2 Å². The van der Waals surface area contributed by atoms with Crippen LogP contribution >= 0.6 is 0 Å². The Bertz CT molecular complexity index is 621. The molecule has 0 aliphatic rings. The number of carbonyl (C=O) groups is 1. The fraction of sp³-hybridized carbons (Fsp3) is 0.235. The molecule has 0 radical (unpaired) electrons. The average molecular weight is 305 g/mol. The van der Waals surface area contributed by atoms with E-state index in [1.807, 2.05) is 12.1 Å². The quantitative estimate of drug-likeness (QED) is 0.891. The molecule has 1 N–H and O–H groups in total. The third kappa shape index (κ3) is 4.84. The minimum absolute atomic E-state index is 0.137. The van der Waals surface area contributed by atoms with Gasteiger partial charge in [-0.05, 0) is 41.8 Å². The standard InChI is InChI=1S/C17H17F2NO2/c1-22-16-4-2-12(3-5-16)10-17(21)20-7-6-13-8-14(18)11-15(19)9-13/h2-5,8-9,11H,6-7,10H2,1H3,(H,20,21). The van der Waals surface area contributed by atoms with Crippen LogP contribution in [0.1, 0.15) is 11.1 Å². The van der Waals surface area contributed by atoms with Crippen molar-refractivity contribution in [1.29, 1.82) is 0 Å². The zero-order valence-corrected chi connectivity index (χ0v) is 12.2. The van der Waals surface area contributed by atoms with E-state index in [0.717, 1.165) is 17.4 Å². The van der Waals surface area contributed by atoms with Gasteiger partial charge in [-0.25, -0.2) is 8.78 Å². The van der Waals surface area contributed by atoms with E-state index in [9.17, 15) is 13.6 Å². The molecule has 2 aromatic carbocycles. The molecule has 0 saturated carbocycles. The number of amides is 1.